The van der Waals surface area contributed by atoms with E-state index in [4.69, 9.17) is 4.74 Å². The Morgan fingerprint density at radius 2 is 2.29 bits per heavy atom. The van der Waals surface area contributed by atoms with Gasteiger partial charge in [-0.1, -0.05) is 19.1 Å². The molecule has 1 N–H and O–H groups in total. The van der Waals surface area contributed by atoms with Crippen LogP contribution in [-0.2, 0) is 6.42 Å². The molecule has 1 aliphatic heterocycles. The summed E-state index contributed by atoms with van der Waals surface area (Å²) in [6.07, 6.45) is 3.83. The van der Waals surface area contributed by atoms with Crippen LogP contribution >= 0.6 is 0 Å². The minimum absolute atomic E-state index is 0.778. The highest BCUT2D eigenvalue weighted by Gasteiger charge is 2.32. The maximum absolute atomic E-state index is 5.56. The average Bonchev–Trinajstić information content (AvgIpc) is 2.75. The van der Waals surface area contributed by atoms with Gasteiger partial charge in [0.05, 0.1) is 6.61 Å². The molecule has 1 aromatic carbocycles. The van der Waals surface area contributed by atoms with Crippen molar-refractivity contribution in [3.63, 3.8) is 0 Å². The molecule has 1 heterocycles. The van der Waals surface area contributed by atoms with Gasteiger partial charge in [-0.15, -0.1) is 0 Å². The molecule has 17 heavy (non-hydrogen) atoms. The van der Waals surface area contributed by atoms with Crippen LogP contribution in [0.5, 0.6) is 5.75 Å². The number of hydrogen-bond acceptors (Lipinski definition) is 2. The number of rotatable bonds is 4. The minimum atomic E-state index is 0.778. The van der Waals surface area contributed by atoms with Crippen LogP contribution in [-0.4, -0.2) is 19.7 Å². The second-order valence-electron chi connectivity index (χ2n) is 5.22. The van der Waals surface area contributed by atoms with Crippen molar-refractivity contribution >= 4 is 0 Å². The topological polar surface area (TPSA) is 21.3 Å². The molecule has 3 rings (SSSR count). The van der Waals surface area contributed by atoms with E-state index in [1.807, 2.05) is 0 Å². The number of ether oxygens (including phenoxy) is 1. The van der Waals surface area contributed by atoms with Crippen molar-refractivity contribution in [3.8, 4) is 5.75 Å². The van der Waals surface area contributed by atoms with Gasteiger partial charge in [-0.25, -0.2) is 0 Å². The highest BCUT2D eigenvalue weighted by molar-refractivity contribution is 5.41. The Bertz CT molecular complexity index is 402. The SMILES string of the molecule is CCNCC1CCC1c1ccc2c(c1)CCO2. The maximum atomic E-state index is 5.56. The lowest BCUT2D eigenvalue weighted by Crippen LogP contribution is -2.33. The zero-order valence-corrected chi connectivity index (χ0v) is 10.5. The standard InChI is InChI=1S/C15H21NO/c1-2-16-10-13-3-5-14(13)11-4-6-15-12(9-11)7-8-17-15/h4,6,9,13-14,16H,2-3,5,7-8,10H2,1H3. The van der Waals surface area contributed by atoms with Crippen LogP contribution in [0.2, 0.25) is 0 Å². The Hall–Kier alpha value is -1.02. The number of hydrogen-bond donors (Lipinski definition) is 1. The van der Waals surface area contributed by atoms with Gasteiger partial charge < -0.3 is 10.1 Å². The molecule has 0 aromatic heterocycles. The summed E-state index contributed by atoms with van der Waals surface area (Å²) in [5, 5.41) is 3.48. The molecule has 2 unspecified atom stereocenters. The minimum Gasteiger partial charge on any atom is -0.493 e. The fourth-order valence-electron chi connectivity index (χ4n) is 3.02. The zero-order valence-electron chi connectivity index (χ0n) is 10.5. The van der Waals surface area contributed by atoms with Gasteiger partial charge in [0.1, 0.15) is 5.75 Å². The summed E-state index contributed by atoms with van der Waals surface area (Å²) in [5.74, 6) is 2.73. The number of fused-ring (bicyclic) bond motifs is 1. The van der Waals surface area contributed by atoms with Crippen LogP contribution in [0.4, 0.5) is 0 Å². The highest BCUT2D eigenvalue weighted by Crippen LogP contribution is 2.43. The Morgan fingerprint density at radius 3 is 3.06 bits per heavy atom. The Morgan fingerprint density at radius 1 is 1.35 bits per heavy atom. The van der Waals surface area contributed by atoms with Crippen molar-refractivity contribution < 1.29 is 4.74 Å². The van der Waals surface area contributed by atoms with E-state index in [0.717, 1.165) is 37.2 Å². The van der Waals surface area contributed by atoms with Crippen molar-refractivity contribution in [1.29, 1.82) is 0 Å². The average molecular weight is 231 g/mol. The second kappa shape index (κ2) is 4.69. The molecule has 1 saturated carbocycles. The summed E-state index contributed by atoms with van der Waals surface area (Å²) >= 11 is 0. The summed E-state index contributed by atoms with van der Waals surface area (Å²) in [6, 6.07) is 6.82. The molecule has 1 fully saturated rings. The van der Waals surface area contributed by atoms with E-state index in [1.54, 1.807) is 0 Å². The van der Waals surface area contributed by atoms with Crippen molar-refractivity contribution in [1.82, 2.24) is 5.32 Å². The third kappa shape index (κ3) is 2.06. The van der Waals surface area contributed by atoms with Crippen molar-refractivity contribution in [3.05, 3.63) is 29.3 Å². The van der Waals surface area contributed by atoms with Gasteiger partial charge >= 0.3 is 0 Å². The van der Waals surface area contributed by atoms with Gasteiger partial charge in [0.2, 0.25) is 0 Å². The van der Waals surface area contributed by atoms with Gasteiger partial charge in [-0.3, -0.25) is 0 Å². The molecule has 2 nitrogen and oxygen atoms in total. The third-order valence-corrected chi connectivity index (χ3v) is 4.22. The van der Waals surface area contributed by atoms with Gasteiger partial charge in [0.15, 0.2) is 0 Å². The lowest BCUT2D eigenvalue weighted by atomic mass is 9.69. The Balaban J connectivity index is 1.71. The summed E-state index contributed by atoms with van der Waals surface area (Å²) in [5.41, 5.74) is 2.94. The number of benzene rings is 1. The molecule has 2 aliphatic rings. The molecular formula is C15H21NO. The molecule has 0 saturated heterocycles. The molecular weight excluding hydrogens is 210 g/mol. The van der Waals surface area contributed by atoms with E-state index in [2.05, 4.69) is 30.4 Å². The van der Waals surface area contributed by atoms with E-state index in [0.29, 0.717) is 0 Å². The quantitative estimate of drug-likeness (QED) is 0.860. The van der Waals surface area contributed by atoms with Gasteiger partial charge in [0.25, 0.3) is 0 Å². The first-order valence-electron chi connectivity index (χ1n) is 6.85. The lowest BCUT2D eigenvalue weighted by Gasteiger charge is -2.37. The molecule has 0 amide bonds. The normalized spacial score (nSPS) is 26.2. The first-order valence-corrected chi connectivity index (χ1v) is 6.85. The molecule has 1 aromatic rings. The number of nitrogens with one attached hydrogen (secondary N) is 1. The van der Waals surface area contributed by atoms with Gasteiger partial charge in [-0.05, 0) is 55.0 Å². The predicted octanol–water partition coefficient (Wildman–Crippen LogP) is 2.72. The van der Waals surface area contributed by atoms with Gasteiger partial charge in [-0.2, -0.15) is 0 Å². The first kappa shape index (κ1) is 11.1. The molecule has 0 bridgehead atoms. The molecule has 0 radical (unpaired) electrons. The molecule has 2 heteroatoms. The summed E-state index contributed by atoms with van der Waals surface area (Å²) in [4.78, 5) is 0. The zero-order chi connectivity index (χ0) is 11.7. The van der Waals surface area contributed by atoms with Crippen LogP contribution in [0.3, 0.4) is 0 Å². The lowest BCUT2D eigenvalue weighted by molar-refractivity contribution is 0.247. The van der Waals surface area contributed by atoms with Crippen LogP contribution in [0, 0.1) is 5.92 Å². The first-order chi connectivity index (χ1) is 8.38. The fraction of sp³-hybridized carbons (Fsp3) is 0.600. The molecule has 0 spiro atoms. The Kier molecular flexibility index (Phi) is 3.06. The van der Waals surface area contributed by atoms with Crippen molar-refractivity contribution in [2.24, 2.45) is 5.92 Å². The summed E-state index contributed by atoms with van der Waals surface area (Å²) < 4.78 is 5.56. The molecule has 1 aliphatic carbocycles. The monoisotopic (exact) mass is 231 g/mol. The van der Waals surface area contributed by atoms with E-state index >= 15 is 0 Å². The third-order valence-electron chi connectivity index (χ3n) is 4.22. The van der Waals surface area contributed by atoms with E-state index in [1.165, 1.54) is 30.5 Å². The summed E-state index contributed by atoms with van der Waals surface area (Å²) in [6.45, 7) is 5.31. The van der Waals surface area contributed by atoms with E-state index < -0.39 is 0 Å². The van der Waals surface area contributed by atoms with Crippen LogP contribution in [0.1, 0.15) is 36.8 Å². The van der Waals surface area contributed by atoms with E-state index in [-0.39, 0.29) is 0 Å². The van der Waals surface area contributed by atoms with Crippen molar-refractivity contribution in [2.45, 2.75) is 32.1 Å². The largest absolute Gasteiger partial charge is 0.493 e. The second-order valence-corrected chi connectivity index (χ2v) is 5.22. The van der Waals surface area contributed by atoms with Crippen molar-refractivity contribution in [2.75, 3.05) is 19.7 Å². The molecule has 2 atom stereocenters. The smallest absolute Gasteiger partial charge is 0.122 e. The Labute approximate surface area is 103 Å². The summed E-state index contributed by atoms with van der Waals surface area (Å²) in [7, 11) is 0. The van der Waals surface area contributed by atoms with Gasteiger partial charge in [0, 0.05) is 6.42 Å². The fourth-order valence-corrected chi connectivity index (χ4v) is 3.02. The van der Waals surface area contributed by atoms with Crippen LogP contribution < -0.4 is 10.1 Å². The predicted molar refractivity (Wildman–Crippen MR) is 69.6 cm³/mol. The highest BCUT2D eigenvalue weighted by atomic mass is 16.5. The maximum Gasteiger partial charge on any atom is 0.122 e. The molecule has 92 valence electrons. The van der Waals surface area contributed by atoms with Crippen LogP contribution in [0.15, 0.2) is 18.2 Å². The van der Waals surface area contributed by atoms with E-state index in [9.17, 15) is 0 Å². The van der Waals surface area contributed by atoms with Crippen LogP contribution in [0.25, 0.3) is 0 Å².